The third kappa shape index (κ3) is 3.31. The number of aromatic amines is 1. The molecule has 1 aliphatic rings. The number of fused-ring (bicyclic) bond motifs is 2. The lowest BCUT2D eigenvalue weighted by molar-refractivity contribution is -0.117. The van der Waals surface area contributed by atoms with Crippen molar-refractivity contribution in [2.24, 2.45) is 0 Å². The fraction of sp³-hybridized carbons (Fsp3) is 0.227. The van der Waals surface area contributed by atoms with Crippen molar-refractivity contribution in [2.75, 3.05) is 11.4 Å². The maximum Gasteiger partial charge on any atom is 0.277 e. The number of amides is 1. The van der Waals surface area contributed by atoms with Gasteiger partial charge in [0, 0.05) is 29.3 Å². The molecule has 6 nitrogen and oxygen atoms in total. The number of nitrogens with one attached hydrogen (secondary N) is 1. The van der Waals surface area contributed by atoms with E-state index in [-0.39, 0.29) is 11.2 Å². The average molecular weight is 404 g/mol. The van der Waals surface area contributed by atoms with Gasteiger partial charge in [-0.05, 0) is 37.5 Å². The van der Waals surface area contributed by atoms with Crippen LogP contribution >= 0.6 is 11.8 Å². The molecule has 0 fully saturated rings. The summed E-state index contributed by atoms with van der Waals surface area (Å²) >= 11 is 1.30. The number of para-hydroxylation sites is 2. The first kappa shape index (κ1) is 18.0. The van der Waals surface area contributed by atoms with Gasteiger partial charge in [-0.25, -0.2) is 0 Å². The van der Waals surface area contributed by atoms with E-state index in [1.54, 1.807) is 0 Å². The molecule has 2 aromatic heterocycles. The largest absolute Gasteiger partial charge is 0.411 e. The summed E-state index contributed by atoms with van der Waals surface area (Å²) < 4.78 is 5.86. The number of nitrogens with zero attached hydrogens (tertiary/aromatic N) is 3. The number of carbonyl (C=O) groups is 1. The Bertz CT molecular complexity index is 1180. The number of aryl methyl sites for hydroxylation is 1. The molecule has 7 heteroatoms. The van der Waals surface area contributed by atoms with Crippen molar-refractivity contribution < 1.29 is 9.21 Å². The molecular formula is C22H20N4O2S. The van der Waals surface area contributed by atoms with Crippen LogP contribution in [0, 0.1) is 0 Å². The van der Waals surface area contributed by atoms with Crippen LogP contribution in [-0.2, 0) is 11.2 Å². The molecule has 29 heavy (non-hydrogen) atoms. The predicted octanol–water partition coefficient (Wildman–Crippen LogP) is 4.68. The Kier molecular flexibility index (Phi) is 4.60. The number of hydrogen-bond acceptors (Lipinski definition) is 5. The normalized spacial score (nSPS) is 14.7. The summed E-state index contributed by atoms with van der Waals surface area (Å²) in [7, 11) is 0. The molecule has 5 rings (SSSR count). The Labute approximate surface area is 172 Å². The Morgan fingerprint density at radius 3 is 2.93 bits per heavy atom. The third-order valence-electron chi connectivity index (χ3n) is 5.23. The summed E-state index contributed by atoms with van der Waals surface area (Å²) in [5, 5.41) is 9.45. The highest BCUT2D eigenvalue weighted by Crippen LogP contribution is 2.33. The fourth-order valence-corrected chi connectivity index (χ4v) is 4.54. The summed E-state index contributed by atoms with van der Waals surface area (Å²) in [6, 6.07) is 16.1. The SMILES string of the molecule is CC(Sc1nnc(-c2c[nH]c3ccccc23)o1)C(=O)N1CCCc2ccccc21. The first-order valence-corrected chi connectivity index (χ1v) is 10.5. The highest BCUT2D eigenvalue weighted by molar-refractivity contribution is 8.00. The van der Waals surface area contributed by atoms with Crippen LogP contribution < -0.4 is 4.90 Å². The van der Waals surface area contributed by atoms with E-state index in [4.69, 9.17) is 4.42 Å². The van der Waals surface area contributed by atoms with Gasteiger partial charge in [-0.3, -0.25) is 4.79 Å². The van der Waals surface area contributed by atoms with Crippen molar-refractivity contribution in [3.8, 4) is 11.5 Å². The summed E-state index contributed by atoms with van der Waals surface area (Å²) in [4.78, 5) is 18.2. The van der Waals surface area contributed by atoms with E-state index < -0.39 is 0 Å². The van der Waals surface area contributed by atoms with Gasteiger partial charge in [-0.2, -0.15) is 0 Å². The van der Waals surface area contributed by atoms with Gasteiger partial charge >= 0.3 is 0 Å². The Morgan fingerprint density at radius 2 is 2.00 bits per heavy atom. The minimum atomic E-state index is -0.322. The van der Waals surface area contributed by atoms with Gasteiger partial charge in [0.05, 0.1) is 10.8 Å². The zero-order chi connectivity index (χ0) is 19.8. The van der Waals surface area contributed by atoms with E-state index in [1.165, 1.54) is 17.3 Å². The van der Waals surface area contributed by atoms with Gasteiger partial charge in [-0.1, -0.05) is 48.2 Å². The molecular weight excluding hydrogens is 384 g/mol. The zero-order valence-corrected chi connectivity index (χ0v) is 16.8. The Hall–Kier alpha value is -3.06. The Balaban J connectivity index is 1.34. The molecule has 0 bridgehead atoms. The lowest BCUT2D eigenvalue weighted by Crippen LogP contribution is -2.40. The topological polar surface area (TPSA) is 75.0 Å². The van der Waals surface area contributed by atoms with E-state index in [2.05, 4.69) is 21.2 Å². The van der Waals surface area contributed by atoms with Crippen LogP contribution in [0.5, 0.6) is 0 Å². The van der Waals surface area contributed by atoms with Gasteiger partial charge in [0.2, 0.25) is 5.91 Å². The van der Waals surface area contributed by atoms with Crippen LogP contribution in [0.25, 0.3) is 22.4 Å². The quantitative estimate of drug-likeness (QED) is 0.500. The number of benzene rings is 2. The van der Waals surface area contributed by atoms with Crippen molar-refractivity contribution >= 4 is 34.3 Å². The average Bonchev–Trinajstić information content (AvgIpc) is 3.39. The number of hydrogen-bond donors (Lipinski definition) is 1. The molecule has 1 atom stereocenters. The fourth-order valence-electron chi connectivity index (χ4n) is 3.80. The maximum atomic E-state index is 13.1. The monoisotopic (exact) mass is 404 g/mol. The van der Waals surface area contributed by atoms with E-state index in [9.17, 15) is 4.79 Å². The standard InChI is InChI=1S/C22H20N4O2S/c1-14(21(27)26-12-6-8-15-7-2-5-11-19(15)26)29-22-25-24-20(28-22)17-13-23-18-10-4-3-9-16(17)18/h2-5,7,9-11,13-14,23H,6,8,12H2,1H3. The Morgan fingerprint density at radius 1 is 1.17 bits per heavy atom. The molecule has 1 aliphatic heterocycles. The lowest BCUT2D eigenvalue weighted by Gasteiger charge is -2.31. The van der Waals surface area contributed by atoms with Crippen molar-refractivity contribution in [3.05, 3.63) is 60.3 Å². The molecule has 0 aliphatic carbocycles. The first-order valence-electron chi connectivity index (χ1n) is 9.66. The third-order valence-corrected chi connectivity index (χ3v) is 6.15. The molecule has 0 spiro atoms. The minimum absolute atomic E-state index is 0.0639. The van der Waals surface area contributed by atoms with Gasteiger partial charge in [0.25, 0.3) is 11.1 Å². The molecule has 3 heterocycles. The van der Waals surface area contributed by atoms with Crippen LogP contribution in [-0.4, -0.2) is 32.9 Å². The second kappa shape index (κ2) is 7.40. The van der Waals surface area contributed by atoms with Gasteiger partial charge < -0.3 is 14.3 Å². The van der Waals surface area contributed by atoms with E-state index in [0.29, 0.717) is 11.1 Å². The molecule has 1 N–H and O–H groups in total. The predicted molar refractivity (Wildman–Crippen MR) is 114 cm³/mol. The van der Waals surface area contributed by atoms with E-state index in [1.807, 2.05) is 60.5 Å². The number of thioether (sulfide) groups is 1. The van der Waals surface area contributed by atoms with Crippen LogP contribution in [0.2, 0.25) is 0 Å². The van der Waals surface area contributed by atoms with Crippen molar-refractivity contribution in [3.63, 3.8) is 0 Å². The van der Waals surface area contributed by atoms with Crippen LogP contribution in [0.1, 0.15) is 18.9 Å². The molecule has 0 radical (unpaired) electrons. The summed E-state index contributed by atoms with van der Waals surface area (Å²) in [5.41, 5.74) is 4.12. The number of anilines is 1. The second-order valence-corrected chi connectivity index (χ2v) is 8.40. The van der Waals surface area contributed by atoms with Gasteiger partial charge in [0.15, 0.2) is 0 Å². The van der Waals surface area contributed by atoms with Crippen LogP contribution in [0.15, 0.2) is 64.4 Å². The molecule has 2 aromatic carbocycles. The molecule has 1 amide bonds. The maximum absolute atomic E-state index is 13.1. The molecule has 0 saturated heterocycles. The zero-order valence-electron chi connectivity index (χ0n) is 16.0. The van der Waals surface area contributed by atoms with Crippen LogP contribution in [0.3, 0.4) is 0 Å². The van der Waals surface area contributed by atoms with Crippen molar-refractivity contribution in [2.45, 2.75) is 30.2 Å². The number of rotatable bonds is 4. The van der Waals surface area contributed by atoms with Crippen LogP contribution in [0.4, 0.5) is 5.69 Å². The molecule has 1 unspecified atom stereocenters. The summed E-state index contributed by atoms with van der Waals surface area (Å²) in [6.07, 6.45) is 3.86. The molecule has 146 valence electrons. The molecule has 0 saturated carbocycles. The first-order chi connectivity index (χ1) is 14.2. The highest BCUT2D eigenvalue weighted by Gasteiger charge is 2.28. The van der Waals surface area contributed by atoms with E-state index >= 15 is 0 Å². The summed E-state index contributed by atoms with van der Waals surface area (Å²) in [5.74, 6) is 0.516. The summed E-state index contributed by atoms with van der Waals surface area (Å²) in [6.45, 7) is 2.63. The number of aromatic nitrogens is 3. The second-order valence-electron chi connectivity index (χ2n) is 7.10. The lowest BCUT2D eigenvalue weighted by atomic mass is 10.0. The van der Waals surface area contributed by atoms with Gasteiger partial charge in [0.1, 0.15) is 0 Å². The van der Waals surface area contributed by atoms with E-state index in [0.717, 1.165) is 41.5 Å². The number of H-pyrrole nitrogens is 1. The highest BCUT2D eigenvalue weighted by atomic mass is 32.2. The molecule has 4 aromatic rings. The smallest absolute Gasteiger partial charge is 0.277 e. The number of carbonyl (C=O) groups excluding carboxylic acids is 1. The minimum Gasteiger partial charge on any atom is -0.411 e. The van der Waals surface area contributed by atoms with Crippen molar-refractivity contribution in [1.82, 2.24) is 15.2 Å². The van der Waals surface area contributed by atoms with Gasteiger partial charge in [-0.15, -0.1) is 10.2 Å². The van der Waals surface area contributed by atoms with Crippen molar-refractivity contribution in [1.29, 1.82) is 0 Å².